The molecule has 2 N–H and O–H groups in total. The SMILES string of the molecule is CN(C)C(=O)COC1CCCCC1N. The Hall–Kier alpha value is -0.610. The van der Waals surface area contributed by atoms with E-state index in [2.05, 4.69) is 0 Å². The van der Waals surface area contributed by atoms with Gasteiger partial charge in [0.2, 0.25) is 5.91 Å². The van der Waals surface area contributed by atoms with Gasteiger partial charge in [0.05, 0.1) is 6.10 Å². The van der Waals surface area contributed by atoms with E-state index < -0.39 is 0 Å². The average molecular weight is 200 g/mol. The first kappa shape index (κ1) is 11.5. The molecular weight excluding hydrogens is 180 g/mol. The molecule has 4 nitrogen and oxygen atoms in total. The van der Waals surface area contributed by atoms with Crippen LogP contribution in [-0.2, 0) is 9.53 Å². The van der Waals surface area contributed by atoms with Crippen molar-refractivity contribution >= 4 is 5.91 Å². The van der Waals surface area contributed by atoms with Gasteiger partial charge in [-0.3, -0.25) is 4.79 Å². The summed E-state index contributed by atoms with van der Waals surface area (Å²) in [6, 6.07) is 0.110. The van der Waals surface area contributed by atoms with Crippen LogP contribution in [0, 0.1) is 0 Å². The molecule has 0 radical (unpaired) electrons. The van der Waals surface area contributed by atoms with Crippen LogP contribution in [0.1, 0.15) is 25.7 Å². The number of carbonyl (C=O) groups is 1. The highest BCUT2D eigenvalue weighted by atomic mass is 16.5. The topological polar surface area (TPSA) is 55.6 Å². The van der Waals surface area contributed by atoms with Gasteiger partial charge in [0.15, 0.2) is 0 Å². The smallest absolute Gasteiger partial charge is 0.248 e. The van der Waals surface area contributed by atoms with Gasteiger partial charge in [0, 0.05) is 20.1 Å². The van der Waals surface area contributed by atoms with Gasteiger partial charge in [-0.15, -0.1) is 0 Å². The van der Waals surface area contributed by atoms with E-state index in [4.69, 9.17) is 10.5 Å². The van der Waals surface area contributed by atoms with E-state index in [9.17, 15) is 4.79 Å². The third kappa shape index (κ3) is 3.27. The number of rotatable bonds is 3. The maximum atomic E-state index is 11.3. The Bertz CT molecular complexity index is 195. The Balaban J connectivity index is 2.26. The van der Waals surface area contributed by atoms with Crippen LogP contribution in [-0.4, -0.2) is 43.7 Å². The van der Waals surface area contributed by atoms with Crippen LogP contribution in [0.3, 0.4) is 0 Å². The second kappa shape index (κ2) is 5.32. The highest BCUT2D eigenvalue weighted by molar-refractivity contribution is 5.76. The predicted octanol–water partition coefficient (Wildman–Crippen LogP) is 0.361. The normalized spacial score (nSPS) is 27.4. The van der Waals surface area contributed by atoms with E-state index in [0.29, 0.717) is 0 Å². The molecule has 1 saturated carbocycles. The van der Waals surface area contributed by atoms with Crippen LogP contribution in [0.25, 0.3) is 0 Å². The third-order valence-corrected chi connectivity index (χ3v) is 2.67. The molecule has 14 heavy (non-hydrogen) atoms. The first-order chi connectivity index (χ1) is 6.61. The van der Waals surface area contributed by atoms with Gasteiger partial charge in [-0.05, 0) is 12.8 Å². The van der Waals surface area contributed by atoms with Crippen molar-refractivity contribution < 1.29 is 9.53 Å². The molecule has 0 saturated heterocycles. The van der Waals surface area contributed by atoms with Crippen LogP contribution in [0.5, 0.6) is 0 Å². The molecule has 4 heteroatoms. The van der Waals surface area contributed by atoms with Gasteiger partial charge in [-0.25, -0.2) is 0 Å². The summed E-state index contributed by atoms with van der Waals surface area (Å²) in [5.74, 6) is 0.00257. The van der Waals surface area contributed by atoms with Gasteiger partial charge in [-0.2, -0.15) is 0 Å². The largest absolute Gasteiger partial charge is 0.367 e. The molecule has 0 aromatic carbocycles. The molecule has 1 rings (SSSR count). The number of amides is 1. The zero-order chi connectivity index (χ0) is 10.6. The lowest BCUT2D eigenvalue weighted by Gasteiger charge is -2.28. The summed E-state index contributed by atoms with van der Waals surface area (Å²) >= 11 is 0. The standard InChI is InChI=1S/C10H20N2O2/c1-12(2)10(13)7-14-9-6-4-3-5-8(9)11/h8-9H,3-7,11H2,1-2H3. The summed E-state index contributed by atoms with van der Waals surface area (Å²) in [5, 5.41) is 0. The average Bonchev–Trinajstić information content (AvgIpc) is 2.16. The minimum Gasteiger partial charge on any atom is -0.367 e. The van der Waals surface area contributed by atoms with E-state index in [1.807, 2.05) is 0 Å². The molecule has 0 heterocycles. The molecule has 1 amide bonds. The summed E-state index contributed by atoms with van der Waals surface area (Å²) in [4.78, 5) is 12.8. The molecule has 1 fully saturated rings. The van der Waals surface area contributed by atoms with Crippen molar-refractivity contribution in [2.24, 2.45) is 5.73 Å². The molecule has 0 aliphatic heterocycles. The summed E-state index contributed by atoms with van der Waals surface area (Å²) in [6.45, 7) is 0.158. The molecule has 0 bridgehead atoms. The number of likely N-dealkylation sites (N-methyl/N-ethyl adjacent to an activating group) is 1. The number of hydrogen-bond acceptors (Lipinski definition) is 3. The Morgan fingerprint density at radius 3 is 2.64 bits per heavy atom. The van der Waals surface area contributed by atoms with Crippen molar-refractivity contribution in [3.8, 4) is 0 Å². The van der Waals surface area contributed by atoms with Gasteiger partial charge in [0.25, 0.3) is 0 Å². The van der Waals surface area contributed by atoms with E-state index in [1.165, 1.54) is 11.3 Å². The van der Waals surface area contributed by atoms with Gasteiger partial charge >= 0.3 is 0 Å². The summed E-state index contributed by atoms with van der Waals surface area (Å²) in [5.41, 5.74) is 5.89. The quantitative estimate of drug-likeness (QED) is 0.715. The molecule has 82 valence electrons. The van der Waals surface area contributed by atoms with E-state index in [1.54, 1.807) is 14.1 Å². The van der Waals surface area contributed by atoms with Crippen molar-refractivity contribution in [2.45, 2.75) is 37.8 Å². The fraction of sp³-hybridized carbons (Fsp3) is 0.900. The lowest BCUT2D eigenvalue weighted by molar-refractivity contribution is -0.136. The molecule has 1 aliphatic rings. The first-order valence-corrected chi connectivity index (χ1v) is 5.18. The van der Waals surface area contributed by atoms with Crippen LogP contribution in [0.15, 0.2) is 0 Å². The molecule has 0 aromatic rings. The Morgan fingerprint density at radius 2 is 2.07 bits per heavy atom. The second-order valence-corrected chi connectivity index (χ2v) is 4.09. The lowest BCUT2D eigenvalue weighted by Crippen LogP contribution is -2.41. The van der Waals surface area contributed by atoms with Gasteiger partial charge in [-0.1, -0.05) is 12.8 Å². The molecule has 0 spiro atoms. The van der Waals surface area contributed by atoms with Crippen molar-refractivity contribution in [1.82, 2.24) is 4.90 Å². The minimum absolute atomic E-state index is 0.00257. The molecule has 0 aromatic heterocycles. The number of hydrogen-bond donors (Lipinski definition) is 1. The molecular formula is C10H20N2O2. The van der Waals surface area contributed by atoms with Gasteiger partial charge < -0.3 is 15.4 Å². The Kier molecular flexibility index (Phi) is 4.35. The number of carbonyl (C=O) groups excluding carboxylic acids is 1. The molecule has 2 unspecified atom stereocenters. The third-order valence-electron chi connectivity index (χ3n) is 2.67. The summed E-state index contributed by atoms with van der Waals surface area (Å²) < 4.78 is 5.50. The predicted molar refractivity (Wildman–Crippen MR) is 54.9 cm³/mol. The lowest BCUT2D eigenvalue weighted by atomic mass is 9.93. The number of nitrogens with zero attached hydrogens (tertiary/aromatic N) is 1. The van der Waals surface area contributed by atoms with Crippen molar-refractivity contribution in [1.29, 1.82) is 0 Å². The van der Waals surface area contributed by atoms with E-state index in [-0.39, 0.29) is 24.7 Å². The highest BCUT2D eigenvalue weighted by Crippen LogP contribution is 2.19. The summed E-state index contributed by atoms with van der Waals surface area (Å²) in [7, 11) is 3.46. The molecule has 2 atom stereocenters. The monoisotopic (exact) mass is 200 g/mol. The zero-order valence-electron chi connectivity index (χ0n) is 9.03. The number of ether oxygens (including phenoxy) is 1. The van der Waals surface area contributed by atoms with Crippen LogP contribution in [0.2, 0.25) is 0 Å². The fourth-order valence-corrected chi connectivity index (χ4v) is 1.64. The maximum Gasteiger partial charge on any atom is 0.248 e. The second-order valence-electron chi connectivity index (χ2n) is 4.09. The zero-order valence-corrected chi connectivity index (χ0v) is 9.03. The highest BCUT2D eigenvalue weighted by Gasteiger charge is 2.23. The van der Waals surface area contributed by atoms with Crippen molar-refractivity contribution in [3.63, 3.8) is 0 Å². The van der Waals surface area contributed by atoms with E-state index in [0.717, 1.165) is 19.3 Å². The van der Waals surface area contributed by atoms with Crippen LogP contribution < -0.4 is 5.73 Å². The molecule has 1 aliphatic carbocycles. The van der Waals surface area contributed by atoms with Gasteiger partial charge in [0.1, 0.15) is 6.61 Å². The van der Waals surface area contributed by atoms with Crippen molar-refractivity contribution in [3.05, 3.63) is 0 Å². The number of nitrogens with two attached hydrogens (primary N) is 1. The summed E-state index contributed by atoms with van der Waals surface area (Å²) in [6.07, 6.45) is 4.42. The van der Waals surface area contributed by atoms with E-state index >= 15 is 0 Å². The minimum atomic E-state index is 0.00257. The van der Waals surface area contributed by atoms with Crippen molar-refractivity contribution in [2.75, 3.05) is 20.7 Å². The maximum absolute atomic E-state index is 11.3. The van der Waals surface area contributed by atoms with Crippen LogP contribution >= 0.6 is 0 Å². The fourth-order valence-electron chi connectivity index (χ4n) is 1.64. The first-order valence-electron chi connectivity index (χ1n) is 5.18. The van der Waals surface area contributed by atoms with Crippen LogP contribution in [0.4, 0.5) is 0 Å². The Labute approximate surface area is 85.4 Å². The Morgan fingerprint density at radius 1 is 1.43 bits per heavy atom.